The molecule has 0 saturated heterocycles. The van der Waals surface area contributed by atoms with E-state index in [1.165, 1.54) is 77.0 Å². The van der Waals surface area contributed by atoms with Gasteiger partial charge in [0.1, 0.15) is 0 Å². The van der Waals surface area contributed by atoms with Gasteiger partial charge in [-0.15, -0.1) is 0 Å². The summed E-state index contributed by atoms with van der Waals surface area (Å²) in [5.41, 5.74) is 14.4. The molecule has 0 amide bonds. The second-order valence-corrected chi connectivity index (χ2v) is 12.9. The molecule has 0 bridgehead atoms. The quantitative estimate of drug-likeness (QED) is 0.178. The molecule has 234 valence electrons. The summed E-state index contributed by atoms with van der Waals surface area (Å²) in [6.07, 6.45) is 0. The molecule has 2 heteroatoms. The summed E-state index contributed by atoms with van der Waals surface area (Å²) >= 11 is 0. The lowest BCUT2D eigenvalue weighted by Crippen LogP contribution is -1.99. The summed E-state index contributed by atoms with van der Waals surface area (Å²) in [6.45, 7) is 0. The van der Waals surface area contributed by atoms with Gasteiger partial charge in [0.2, 0.25) is 0 Å². The van der Waals surface area contributed by atoms with Crippen molar-refractivity contribution in [2.24, 2.45) is 0 Å². The molecular formula is C48H32N2. The van der Waals surface area contributed by atoms with Gasteiger partial charge in [0.25, 0.3) is 0 Å². The molecule has 10 aromatic rings. The van der Waals surface area contributed by atoms with Crippen LogP contribution in [0.3, 0.4) is 0 Å². The van der Waals surface area contributed by atoms with E-state index in [0.29, 0.717) is 0 Å². The highest BCUT2D eigenvalue weighted by atomic mass is 15.0. The van der Waals surface area contributed by atoms with Crippen LogP contribution in [0.15, 0.2) is 194 Å². The molecule has 10 rings (SSSR count). The van der Waals surface area contributed by atoms with Gasteiger partial charge in [-0.3, -0.25) is 0 Å². The fraction of sp³-hybridized carbons (Fsp3) is 0. The lowest BCUT2D eigenvalue weighted by atomic mass is 9.96. The van der Waals surface area contributed by atoms with E-state index in [0.717, 1.165) is 11.4 Å². The molecular weight excluding hydrogens is 605 g/mol. The third-order valence-corrected chi connectivity index (χ3v) is 10.1. The highest BCUT2D eigenvalue weighted by Gasteiger charge is 2.22. The molecule has 2 heterocycles. The van der Waals surface area contributed by atoms with Crippen LogP contribution in [0.1, 0.15) is 0 Å². The van der Waals surface area contributed by atoms with Crippen molar-refractivity contribution in [3.05, 3.63) is 194 Å². The van der Waals surface area contributed by atoms with Crippen LogP contribution in [0.4, 0.5) is 0 Å². The Bertz CT molecular complexity index is 2840. The van der Waals surface area contributed by atoms with Crippen LogP contribution < -0.4 is 0 Å². The Balaban J connectivity index is 1.32. The third kappa shape index (κ3) is 4.36. The van der Waals surface area contributed by atoms with Crippen molar-refractivity contribution in [3.8, 4) is 44.8 Å². The lowest BCUT2D eigenvalue weighted by molar-refractivity contribution is 1.18. The summed E-state index contributed by atoms with van der Waals surface area (Å²) in [6, 6.07) is 70.4. The lowest BCUT2D eigenvalue weighted by Gasteiger charge is -2.18. The van der Waals surface area contributed by atoms with E-state index >= 15 is 0 Å². The van der Waals surface area contributed by atoms with Crippen LogP contribution >= 0.6 is 0 Å². The number of aromatic nitrogens is 2. The Labute approximate surface area is 290 Å². The predicted molar refractivity (Wildman–Crippen MR) is 211 cm³/mol. The Morgan fingerprint density at radius 2 is 0.860 bits per heavy atom. The molecule has 0 unspecified atom stereocenters. The molecule has 8 aromatic carbocycles. The maximum Gasteiger partial charge on any atom is 0.0619 e. The van der Waals surface area contributed by atoms with E-state index < -0.39 is 0 Å². The summed E-state index contributed by atoms with van der Waals surface area (Å²) in [5.74, 6) is 0. The molecule has 0 aliphatic heterocycles. The first kappa shape index (κ1) is 28.4. The van der Waals surface area contributed by atoms with Gasteiger partial charge in [0.05, 0.1) is 27.8 Å². The van der Waals surface area contributed by atoms with Crippen molar-refractivity contribution in [3.63, 3.8) is 0 Å². The topological polar surface area (TPSA) is 9.86 Å². The fourth-order valence-corrected chi connectivity index (χ4v) is 7.98. The molecule has 0 saturated carbocycles. The average molecular weight is 637 g/mol. The highest BCUT2D eigenvalue weighted by Crippen LogP contribution is 2.45. The molecule has 0 atom stereocenters. The number of nitrogens with zero attached hydrogens (tertiary/aromatic N) is 2. The average Bonchev–Trinajstić information content (AvgIpc) is 3.72. The van der Waals surface area contributed by atoms with Gasteiger partial charge < -0.3 is 9.13 Å². The Kier molecular flexibility index (Phi) is 6.53. The number of rotatable bonds is 5. The molecule has 0 radical (unpaired) electrons. The van der Waals surface area contributed by atoms with E-state index in [4.69, 9.17) is 0 Å². The second kappa shape index (κ2) is 11.5. The molecule has 0 fully saturated rings. The molecule has 0 aliphatic rings. The van der Waals surface area contributed by atoms with Gasteiger partial charge >= 0.3 is 0 Å². The first-order valence-electron chi connectivity index (χ1n) is 17.2. The molecule has 0 spiro atoms. The second-order valence-electron chi connectivity index (χ2n) is 12.9. The van der Waals surface area contributed by atoms with E-state index in [-0.39, 0.29) is 0 Å². The third-order valence-electron chi connectivity index (χ3n) is 10.1. The van der Waals surface area contributed by atoms with E-state index in [9.17, 15) is 0 Å². The zero-order valence-electron chi connectivity index (χ0n) is 27.4. The molecule has 0 N–H and O–H groups in total. The van der Waals surface area contributed by atoms with Crippen LogP contribution in [0, 0.1) is 0 Å². The minimum atomic E-state index is 1.16. The van der Waals surface area contributed by atoms with Gasteiger partial charge in [-0.05, 0) is 64.7 Å². The maximum absolute atomic E-state index is 2.51. The Morgan fingerprint density at radius 3 is 1.62 bits per heavy atom. The summed E-state index contributed by atoms with van der Waals surface area (Å²) in [7, 11) is 0. The zero-order valence-corrected chi connectivity index (χ0v) is 27.4. The monoisotopic (exact) mass is 636 g/mol. The van der Waals surface area contributed by atoms with Gasteiger partial charge in [0.15, 0.2) is 0 Å². The number of fused-ring (bicyclic) bond motifs is 6. The standard InChI is InChI=1S/C48H32N2/c1-4-16-33(17-5-1)35-30-31-45(42(32-35)34-18-6-2-7-19-34)50-43-27-12-10-22-37(43)39-25-14-26-40(48(39)50)38-24-15-29-46-47(38)41-23-11-13-28-44(41)49(46)36-20-8-3-9-21-36/h1-32H. The first-order chi connectivity index (χ1) is 24.8. The number of para-hydroxylation sites is 4. The predicted octanol–water partition coefficient (Wildman–Crippen LogP) is 12.9. The number of hydrogen-bond acceptors (Lipinski definition) is 0. The summed E-state index contributed by atoms with van der Waals surface area (Å²) in [4.78, 5) is 0. The molecule has 50 heavy (non-hydrogen) atoms. The highest BCUT2D eigenvalue weighted by molar-refractivity contribution is 6.20. The molecule has 2 aromatic heterocycles. The smallest absolute Gasteiger partial charge is 0.0619 e. The molecule has 0 aliphatic carbocycles. The zero-order chi connectivity index (χ0) is 33.0. The Morgan fingerprint density at radius 1 is 0.300 bits per heavy atom. The number of hydrogen-bond donors (Lipinski definition) is 0. The summed E-state index contributed by atoms with van der Waals surface area (Å²) < 4.78 is 4.91. The number of benzene rings is 8. The van der Waals surface area contributed by atoms with Gasteiger partial charge in [-0.25, -0.2) is 0 Å². The largest absolute Gasteiger partial charge is 0.309 e. The Hall–Kier alpha value is -6.64. The van der Waals surface area contributed by atoms with Crippen LogP contribution in [0.5, 0.6) is 0 Å². The van der Waals surface area contributed by atoms with Crippen molar-refractivity contribution in [1.82, 2.24) is 9.13 Å². The van der Waals surface area contributed by atoms with Gasteiger partial charge in [-0.2, -0.15) is 0 Å². The van der Waals surface area contributed by atoms with Crippen molar-refractivity contribution in [2.45, 2.75) is 0 Å². The van der Waals surface area contributed by atoms with Gasteiger partial charge in [-0.1, -0.05) is 152 Å². The van der Waals surface area contributed by atoms with Gasteiger partial charge in [0, 0.05) is 38.4 Å². The van der Waals surface area contributed by atoms with Crippen LogP contribution in [0.2, 0.25) is 0 Å². The van der Waals surface area contributed by atoms with Crippen LogP contribution in [0.25, 0.3) is 88.4 Å². The SMILES string of the molecule is c1ccc(-c2ccc(-n3c4ccccc4c4cccc(-c5cccc6c5c5ccccc5n6-c5ccccc5)c43)c(-c3ccccc3)c2)cc1. The fourth-order valence-electron chi connectivity index (χ4n) is 7.98. The maximum atomic E-state index is 2.51. The van der Waals surface area contributed by atoms with E-state index in [2.05, 4.69) is 203 Å². The summed E-state index contributed by atoms with van der Waals surface area (Å²) in [5, 5.41) is 5.00. The van der Waals surface area contributed by atoms with E-state index in [1.54, 1.807) is 0 Å². The minimum Gasteiger partial charge on any atom is -0.309 e. The van der Waals surface area contributed by atoms with Crippen molar-refractivity contribution < 1.29 is 0 Å². The van der Waals surface area contributed by atoms with Crippen LogP contribution in [-0.4, -0.2) is 9.13 Å². The normalized spacial score (nSPS) is 11.6. The van der Waals surface area contributed by atoms with Crippen molar-refractivity contribution in [1.29, 1.82) is 0 Å². The van der Waals surface area contributed by atoms with Crippen molar-refractivity contribution in [2.75, 3.05) is 0 Å². The first-order valence-corrected chi connectivity index (χ1v) is 17.2. The van der Waals surface area contributed by atoms with Crippen molar-refractivity contribution >= 4 is 43.6 Å². The van der Waals surface area contributed by atoms with E-state index in [1.807, 2.05) is 0 Å². The molecule has 2 nitrogen and oxygen atoms in total. The minimum absolute atomic E-state index is 1.16. The van der Waals surface area contributed by atoms with Crippen LogP contribution in [-0.2, 0) is 0 Å².